The number of amides is 1. The quantitative estimate of drug-likeness (QED) is 0.213. The Balaban J connectivity index is 0.00000212. The number of anilines is 3. The monoisotopic (exact) mass is 673 g/mol. The van der Waals surface area contributed by atoms with Gasteiger partial charge in [0, 0.05) is 42.3 Å². The van der Waals surface area contributed by atoms with Gasteiger partial charge in [0.25, 0.3) is 0 Å². The van der Waals surface area contributed by atoms with Gasteiger partial charge in [0.1, 0.15) is 0 Å². The number of benzene rings is 1. The molecule has 2 saturated carbocycles. The number of halogens is 4. The Bertz CT molecular complexity index is 1370. The molecule has 1 amide bonds. The van der Waals surface area contributed by atoms with Crippen molar-refractivity contribution in [3.63, 3.8) is 0 Å². The minimum Gasteiger partial charge on any atom is -0.365 e. The number of nitrogens with two attached hydrogens (primary N) is 1. The first-order valence-corrected chi connectivity index (χ1v) is 15.4. The van der Waals surface area contributed by atoms with Gasteiger partial charge in [0.15, 0.2) is 17.0 Å². The Hall–Kier alpha value is -2.28. The normalized spacial score (nSPS) is 21.6. The van der Waals surface area contributed by atoms with E-state index in [9.17, 15) is 4.79 Å². The van der Waals surface area contributed by atoms with Crippen molar-refractivity contribution in [1.29, 1.82) is 0 Å². The number of imidazole rings is 1. The van der Waals surface area contributed by atoms with Gasteiger partial charge in [-0.1, -0.05) is 36.0 Å². The summed E-state index contributed by atoms with van der Waals surface area (Å²) in [7, 11) is 0. The van der Waals surface area contributed by atoms with Crippen molar-refractivity contribution in [2.24, 2.45) is 5.73 Å². The van der Waals surface area contributed by atoms with Gasteiger partial charge < -0.3 is 25.8 Å². The number of rotatable bonds is 7. The molecule has 11 nitrogen and oxygen atoms in total. The van der Waals surface area contributed by atoms with E-state index in [2.05, 4.69) is 20.5 Å². The highest BCUT2D eigenvalue weighted by atomic mass is 35.5. The van der Waals surface area contributed by atoms with Crippen molar-refractivity contribution < 1.29 is 9.63 Å². The molecule has 0 bridgehead atoms. The number of carbonyl (C=O) groups is 1. The maximum absolute atomic E-state index is 12.4. The second-order valence-corrected chi connectivity index (χ2v) is 12.2. The maximum atomic E-state index is 12.4. The molecule has 3 heterocycles. The first-order chi connectivity index (χ1) is 19.9. The van der Waals surface area contributed by atoms with Crippen molar-refractivity contribution in [2.45, 2.75) is 88.4 Å². The highest BCUT2D eigenvalue weighted by Gasteiger charge is 2.27. The van der Waals surface area contributed by atoms with E-state index in [1.807, 2.05) is 6.33 Å². The van der Waals surface area contributed by atoms with Crippen LogP contribution in [0, 0.1) is 0 Å². The second-order valence-electron chi connectivity index (χ2n) is 11.4. The fourth-order valence-electron chi connectivity index (χ4n) is 6.10. The number of nitrogens with zero attached hydrogens (tertiary/aromatic N) is 5. The molecule has 0 unspecified atom stereocenters. The van der Waals surface area contributed by atoms with Gasteiger partial charge >= 0.3 is 6.09 Å². The minimum absolute atomic E-state index is 0. The van der Waals surface area contributed by atoms with Crippen LogP contribution in [0.15, 0.2) is 24.5 Å². The van der Waals surface area contributed by atoms with Crippen LogP contribution in [0.2, 0.25) is 10.0 Å². The molecule has 43 heavy (non-hydrogen) atoms. The Morgan fingerprint density at radius 3 is 2.33 bits per heavy atom. The number of fused-ring (bicyclic) bond motifs is 1. The maximum Gasteiger partial charge on any atom is 0.430 e. The summed E-state index contributed by atoms with van der Waals surface area (Å²) in [6.07, 6.45) is 11.7. The van der Waals surface area contributed by atoms with E-state index >= 15 is 0 Å². The molecule has 3 fully saturated rings. The van der Waals surface area contributed by atoms with Crippen molar-refractivity contribution in [1.82, 2.24) is 24.6 Å². The average Bonchev–Trinajstić information content (AvgIpc) is 3.63. The number of hydrogen-bond acceptors (Lipinski definition) is 9. The summed E-state index contributed by atoms with van der Waals surface area (Å²) in [5.74, 6) is 1.38. The molecular formula is C28H39Cl4N9O2. The number of hydroxylamine groups is 2. The largest absolute Gasteiger partial charge is 0.430 e. The van der Waals surface area contributed by atoms with Gasteiger partial charge in [-0.15, -0.1) is 29.9 Å². The molecule has 15 heteroatoms. The topological polar surface area (TPSA) is 135 Å². The lowest BCUT2D eigenvalue weighted by molar-refractivity contribution is -0.106. The Morgan fingerprint density at radius 2 is 1.63 bits per heavy atom. The summed E-state index contributed by atoms with van der Waals surface area (Å²) in [6.45, 7) is 1.16. The average molecular weight is 675 g/mol. The lowest BCUT2D eigenvalue weighted by Crippen LogP contribution is -2.41. The molecule has 5 N–H and O–H groups in total. The molecule has 1 aliphatic heterocycles. The molecule has 0 atom stereocenters. The second kappa shape index (κ2) is 15.1. The van der Waals surface area contributed by atoms with Crippen LogP contribution in [-0.4, -0.2) is 61.9 Å². The van der Waals surface area contributed by atoms with E-state index in [1.54, 1.807) is 23.3 Å². The van der Waals surface area contributed by atoms with Gasteiger partial charge in [-0.25, -0.2) is 9.78 Å². The van der Waals surface area contributed by atoms with Crippen LogP contribution in [0.25, 0.3) is 11.2 Å². The summed E-state index contributed by atoms with van der Waals surface area (Å²) < 4.78 is 2.24. The van der Waals surface area contributed by atoms with Crippen LogP contribution in [0.1, 0.15) is 70.3 Å². The minimum atomic E-state index is -0.588. The lowest BCUT2D eigenvalue weighted by atomic mass is 9.92. The third-order valence-electron chi connectivity index (χ3n) is 8.42. The van der Waals surface area contributed by atoms with Crippen LogP contribution in [0.5, 0.6) is 0 Å². The Kier molecular flexibility index (Phi) is 11.8. The molecule has 0 radical (unpaired) electrons. The van der Waals surface area contributed by atoms with E-state index < -0.39 is 6.09 Å². The number of nitrogens with one attached hydrogen (secondary N) is 3. The van der Waals surface area contributed by atoms with Gasteiger partial charge in [-0.3, -0.25) is 5.32 Å². The molecule has 0 spiro atoms. The summed E-state index contributed by atoms with van der Waals surface area (Å²) in [6, 6.07) is 6.06. The molecule has 3 aromatic rings. The van der Waals surface area contributed by atoms with E-state index in [4.69, 9.17) is 48.7 Å². The standard InChI is InChI=1S/C28H37Cl2N9O2.2ClH/c29-17-5-10-23(22(30)15-17)35-28(40)41-38-13-11-20(12-14-38)33-25-24-26(39(16-32-24)21-3-1-2-4-21)37-27(36-25)34-19-8-6-18(31)7-9-19;;/h5,10,15-16,18-21H,1-4,6-9,11-14,31H2,(H,35,40)(H2,33,34,36,37);2*1H/t18-,19-;;. The Morgan fingerprint density at radius 1 is 0.930 bits per heavy atom. The van der Waals surface area contributed by atoms with Gasteiger partial charge in [-0.05, 0) is 69.6 Å². The van der Waals surface area contributed by atoms with Crippen molar-refractivity contribution in [2.75, 3.05) is 29.0 Å². The molecule has 2 aromatic heterocycles. The first-order valence-electron chi connectivity index (χ1n) is 14.6. The van der Waals surface area contributed by atoms with Crippen LogP contribution < -0.4 is 21.7 Å². The number of hydrogen-bond donors (Lipinski definition) is 4. The predicted octanol–water partition coefficient (Wildman–Crippen LogP) is 6.81. The van der Waals surface area contributed by atoms with Crippen molar-refractivity contribution in [3.8, 4) is 0 Å². The van der Waals surface area contributed by atoms with Gasteiger partial charge in [-0.2, -0.15) is 9.97 Å². The first kappa shape index (κ1) is 33.6. The van der Waals surface area contributed by atoms with E-state index in [-0.39, 0.29) is 36.9 Å². The van der Waals surface area contributed by atoms with E-state index in [0.717, 1.165) is 68.3 Å². The number of aromatic nitrogens is 4. The Labute approximate surface area is 273 Å². The smallest absolute Gasteiger partial charge is 0.365 e. The van der Waals surface area contributed by atoms with Crippen molar-refractivity contribution >= 4 is 82.7 Å². The third-order valence-corrected chi connectivity index (χ3v) is 8.97. The summed E-state index contributed by atoms with van der Waals surface area (Å²) in [4.78, 5) is 32.6. The van der Waals surface area contributed by atoms with Crippen LogP contribution in [0.4, 0.5) is 22.2 Å². The van der Waals surface area contributed by atoms with E-state index in [0.29, 0.717) is 46.9 Å². The fraction of sp³-hybridized carbons (Fsp3) is 0.571. The number of piperidine rings is 1. The molecule has 3 aliphatic rings. The molecule has 1 saturated heterocycles. The zero-order valence-electron chi connectivity index (χ0n) is 23.8. The SMILES string of the molecule is Cl.Cl.N[C@H]1CC[C@H](Nc2nc(NC3CCN(OC(=O)Nc4ccc(Cl)cc4Cl)CC3)c3ncn(C4CCCC4)c3n2)CC1. The molecule has 2 aliphatic carbocycles. The summed E-state index contributed by atoms with van der Waals surface area (Å²) in [5, 5.41) is 12.4. The van der Waals surface area contributed by atoms with Crippen LogP contribution >= 0.6 is 48.0 Å². The van der Waals surface area contributed by atoms with Crippen LogP contribution in [0.3, 0.4) is 0 Å². The summed E-state index contributed by atoms with van der Waals surface area (Å²) in [5.41, 5.74) is 8.25. The van der Waals surface area contributed by atoms with Gasteiger partial charge in [0.05, 0.1) is 17.0 Å². The number of carbonyl (C=O) groups excluding carboxylic acids is 1. The predicted molar refractivity (Wildman–Crippen MR) is 176 cm³/mol. The molecule has 6 rings (SSSR count). The van der Waals surface area contributed by atoms with Crippen LogP contribution in [-0.2, 0) is 4.84 Å². The molecule has 236 valence electrons. The lowest BCUT2D eigenvalue weighted by Gasteiger charge is -2.31. The van der Waals surface area contributed by atoms with E-state index in [1.165, 1.54) is 12.8 Å². The zero-order valence-corrected chi connectivity index (χ0v) is 27.0. The third kappa shape index (κ3) is 8.26. The highest BCUT2D eigenvalue weighted by molar-refractivity contribution is 6.36. The highest BCUT2D eigenvalue weighted by Crippen LogP contribution is 2.34. The summed E-state index contributed by atoms with van der Waals surface area (Å²) >= 11 is 12.1. The molecule has 1 aromatic carbocycles. The van der Waals surface area contributed by atoms with Crippen molar-refractivity contribution in [3.05, 3.63) is 34.6 Å². The fourth-order valence-corrected chi connectivity index (χ4v) is 6.56. The zero-order chi connectivity index (χ0) is 28.3. The van der Waals surface area contributed by atoms with Gasteiger partial charge in [0.2, 0.25) is 5.95 Å². The molecular weight excluding hydrogens is 636 g/mol.